The highest BCUT2D eigenvalue weighted by Gasteiger charge is 2.27. The molecule has 0 aromatic carbocycles. The molecule has 1 aromatic heterocycles. The Bertz CT molecular complexity index is 512. The van der Waals surface area contributed by atoms with E-state index in [9.17, 15) is 4.79 Å². The number of nitriles is 1. The average molecular weight is 261 g/mol. The molecule has 5 nitrogen and oxygen atoms in total. The summed E-state index contributed by atoms with van der Waals surface area (Å²) in [6.45, 7) is 7.70. The van der Waals surface area contributed by atoms with Crippen molar-refractivity contribution in [2.75, 3.05) is 5.32 Å². The molecule has 1 unspecified atom stereocenters. The first kappa shape index (κ1) is 15.0. The molecule has 0 bridgehead atoms. The molecule has 0 amide bonds. The van der Waals surface area contributed by atoms with E-state index in [1.165, 1.54) is 0 Å². The molecule has 0 saturated heterocycles. The van der Waals surface area contributed by atoms with E-state index in [1.54, 1.807) is 19.1 Å². The number of carbonyl (C=O) groups is 1. The van der Waals surface area contributed by atoms with E-state index in [0.29, 0.717) is 11.4 Å². The highest BCUT2D eigenvalue weighted by Crippen LogP contribution is 2.25. The van der Waals surface area contributed by atoms with Crippen molar-refractivity contribution in [1.82, 2.24) is 4.98 Å². The van der Waals surface area contributed by atoms with Crippen LogP contribution < -0.4 is 5.32 Å². The molecule has 0 saturated carbocycles. The van der Waals surface area contributed by atoms with E-state index < -0.39 is 5.97 Å². The van der Waals surface area contributed by atoms with Gasteiger partial charge in [-0.2, -0.15) is 5.26 Å². The maximum atomic E-state index is 10.9. The summed E-state index contributed by atoms with van der Waals surface area (Å²) in [7, 11) is 0. The highest BCUT2D eigenvalue weighted by atomic mass is 16.4. The molecule has 1 heterocycles. The molecule has 0 spiro atoms. The van der Waals surface area contributed by atoms with Crippen molar-refractivity contribution in [2.24, 2.45) is 5.41 Å². The fourth-order valence-corrected chi connectivity index (χ4v) is 1.73. The highest BCUT2D eigenvalue weighted by molar-refractivity contribution is 5.68. The number of nitrogens with one attached hydrogen (secondary N) is 1. The van der Waals surface area contributed by atoms with Gasteiger partial charge in [0.15, 0.2) is 0 Å². The zero-order valence-electron chi connectivity index (χ0n) is 11.7. The third-order valence-electron chi connectivity index (χ3n) is 2.83. The Hall–Kier alpha value is -2.09. The lowest BCUT2D eigenvalue weighted by molar-refractivity contribution is -0.137. The number of pyridine rings is 1. The molecule has 0 fully saturated rings. The number of hydrogen-bond acceptors (Lipinski definition) is 4. The smallest absolute Gasteiger partial charge is 0.305 e. The van der Waals surface area contributed by atoms with Gasteiger partial charge in [0, 0.05) is 11.7 Å². The van der Waals surface area contributed by atoms with Gasteiger partial charge in [-0.25, -0.2) is 4.98 Å². The molecule has 0 aliphatic heterocycles. The van der Waals surface area contributed by atoms with Crippen LogP contribution in [0.1, 0.15) is 38.4 Å². The molecule has 0 radical (unpaired) electrons. The Morgan fingerprint density at radius 2 is 2.16 bits per heavy atom. The number of anilines is 1. The number of aromatic nitrogens is 1. The third-order valence-corrected chi connectivity index (χ3v) is 2.83. The standard InChI is InChI=1S/C14H19N3O2/c1-9-5-10(8-15)6-12(16-9)17-11(7-13(18)19)14(2,3)4/h5-6,11H,7H2,1-4H3,(H,16,17)(H,18,19). The molecule has 0 aliphatic carbocycles. The fraction of sp³-hybridized carbons (Fsp3) is 0.500. The second-order valence-corrected chi connectivity index (χ2v) is 5.66. The number of aryl methyl sites for hydroxylation is 1. The molecule has 2 N–H and O–H groups in total. The maximum Gasteiger partial charge on any atom is 0.305 e. The molecule has 1 atom stereocenters. The molecular weight excluding hydrogens is 242 g/mol. The van der Waals surface area contributed by atoms with Crippen LogP contribution in [0.15, 0.2) is 12.1 Å². The Morgan fingerprint density at radius 1 is 1.53 bits per heavy atom. The molecular formula is C14H19N3O2. The van der Waals surface area contributed by atoms with Gasteiger partial charge >= 0.3 is 5.97 Å². The molecule has 1 aromatic rings. The summed E-state index contributed by atoms with van der Waals surface area (Å²) < 4.78 is 0. The monoisotopic (exact) mass is 261 g/mol. The van der Waals surface area contributed by atoms with Gasteiger partial charge in [0.1, 0.15) is 5.82 Å². The minimum Gasteiger partial charge on any atom is -0.481 e. The minimum atomic E-state index is -0.861. The van der Waals surface area contributed by atoms with Crippen molar-refractivity contribution in [1.29, 1.82) is 5.26 Å². The number of carboxylic acid groups (broad SMARTS) is 1. The summed E-state index contributed by atoms with van der Waals surface area (Å²) in [4.78, 5) is 15.2. The Balaban J connectivity index is 3.00. The summed E-state index contributed by atoms with van der Waals surface area (Å²) in [5.74, 6) is -0.321. The van der Waals surface area contributed by atoms with Crippen molar-refractivity contribution in [3.63, 3.8) is 0 Å². The van der Waals surface area contributed by atoms with Crippen molar-refractivity contribution in [2.45, 2.75) is 40.2 Å². The van der Waals surface area contributed by atoms with E-state index in [4.69, 9.17) is 10.4 Å². The first-order chi connectivity index (χ1) is 8.72. The fourth-order valence-electron chi connectivity index (χ4n) is 1.73. The summed E-state index contributed by atoms with van der Waals surface area (Å²) in [6, 6.07) is 5.13. The summed E-state index contributed by atoms with van der Waals surface area (Å²) >= 11 is 0. The van der Waals surface area contributed by atoms with Crippen molar-refractivity contribution < 1.29 is 9.90 Å². The quantitative estimate of drug-likeness (QED) is 0.869. The van der Waals surface area contributed by atoms with Gasteiger partial charge < -0.3 is 10.4 Å². The SMILES string of the molecule is Cc1cc(C#N)cc(NC(CC(=O)O)C(C)(C)C)n1. The second kappa shape index (κ2) is 5.70. The molecule has 102 valence electrons. The van der Waals surface area contributed by atoms with Crippen LogP contribution in [0, 0.1) is 23.7 Å². The van der Waals surface area contributed by atoms with Crippen molar-refractivity contribution in [3.8, 4) is 6.07 Å². The lowest BCUT2D eigenvalue weighted by atomic mass is 9.84. The van der Waals surface area contributed by atoms with Crippen LogP contribution >= 0.6 is 0 Å². The van der Waals surface area contributed by atoms with Crippen LogP contribution in [0.4, 0.5) is 5.82 Å². The molecule has 0 aliphatic rings. The van der Waals surface area contributed by atoms with Gasteiger partial charge in [-0.05, 0) is 24.5 Å². The Morgan fingerprint density at radius 3 is 2.63 bits per heavy atom. The number of hydrogen-bond donors (Lipinski definition) is 2. The first-order valence-electron chi connectivity index (χ1n) is 6.09. The third kappa shape index (κ3) is 4.59. The van der Waals surface area contributed by atoms with Crippen LogP contribution in [-0.2, 0) is 4.79 Å². The largest absolute Gasteiger partial charge is 0.481 e. The van der Waals surface area contributed by atoms with Crippen LogP contribution in [-0.4, -0.2) is 22.1 Å². The Kier molecular flexibility index (Phi) is 4.49. The second-order valence-electron chi connectivity index (χ2n) is 5.66. The van der Waals surface area contributed by atoms with E-state index >= 15 is 0 Å². The summed E-state index contributed by atoms with van der Waals surface area (Å²) in [6.07, 6.45) is 0.00100. The lowest BCUT2D eigenvalue weighted by Gasteiger charge is -2.30. The minimum absolute atomic E-state index is 0.00100. The normalized spacial score (nSPS) is 12.6. The molecule has 1 rings (SSSR count). The van der Waals surface area contributed by atoms with Crippen LogP contribution in [0.25, 0.3) is 0 Å². The van der Waals surface area contributed by atoms with Crippen LogP contribution in [0.2, 0.25) is 0 Å². The summed E-state index contributed by atoms with van der Waals surface area (Å²) in [5, 5.41) is 21.0. The van der Waals surface area contributed by atoms with Gasteiger partial charge in [-0.1, -0.05) is 20.8 Å². The number of nitrogens with zero attached hydrogens (tertiary/aromatic N) is 2. The first-order valence-corrected chi connectivity index (χ1v) is 6.09. The predicted molar refractivity (Wildman–Crippen MR) is 72.8 cm³/mol. The lowest BCUT2D eigenvalue weighted by Crippen LogP contribution is -2.36. The zero-order valence-corrected chi connectivity index (χ0v) is 11.7. The maximum absolute atomic E-state index is 10.9. The predicted octanol–water partition coefficient (Wildman–Crippen LogP) is 2.56. The topological polar surface area (TPSA) is 86.0 Å². The van der Waals surface area contributed by atoms with E-state index in [1.807, 2.05) is 20.8 Å². The van der Waals surface area contributed by atoms with Gasteiger partial charge in [0.05, 0.1) is 18.1 Å². The Labute approximate surface area is 113 Å². The van der Waals surface area contributed by atoms with E-state index in [-0.39, 0.29) is 17.9 Å². The molecule has 5 heteroatoms. The van der Waals surface area contributed by atoms with Gasteiger partial charge in [-0.15, -0.1) is 0 Å². The number of carboxylic acids is 1. The van der Waals surface area contributed by atoms with Crippen LogP contribution in [0.5, 0.6) is 0 Å². The molecule has 19 heavy (non-hydrogen) atoms. The van der Waals surface area contributed by atoms with Gasteiger partial charge in [0.25, 0.3) is 0 Å². The van der Waals surface area contributed by atoms with Gasteiger partial charge in [0.2, 0.25) is 0 Å². The number of rotatable bonds is 4. The zero-order chi connectivity index (χ0) is 14.6. The summed E-state index contributed by atoms with van der Waals surface area (Å²) in [5.41, 5.74) is 1.01. The van der Waals surface area contributed by atoms with E-state index in [2.05, 4.69) is 16.4 Å². The number of aliphatic carboxylic acids is 1. The van der Waals surface area contributed by atoms with Crippen molar-refractivity contribution in [3.05, 3.63) is 23.4 Å². The van der Waals surface area contributed by atoms with Crippen molar-refractivity contribution >= 4 is 11.8 Å². The average Bonchev–Trinajstić information content (AvgIpc) is 2.25. The van der Waals surface area contributed by atoms with Crippen LogP contribution in [0.3, 0.4) is 0 Å². The van der Waals surface area contributed by atoms with E-state index in [0.717, 1.165) is 5.69 Å². The van der Waals surface area contributed by atoms with Gasteiger partial charge in [-0.3, -0.25) is 4.79 Å².